The molecule has 0 radical (unpaired) electrons. The Kier molecular flexibility index (Phi) is 4.56. The van der Waals surface area contributed by atoms with Gasteiger partial charge in [0.15, 0.2) is 0 Å². The third-order valence-electron chi connectivity index (χ3n) is 3.13. The van der Waals surface area contributed by atoms with Crippen molar-refractivity contribution in [1.82, 2.24) is 14.1 Å². The third kappa shape index (κ3) is 3.27. The maximum absolute atomic E-state index is 12.1. The first-order chi connectivity index (χ1) is 10.1. The zero-order chi connectivity index (χ0) is 14.8. The van der Waals surface area contributed by atoms with Crippen molar-refractivity contribution in [3.63, 3.8) is 0 Å². The molecule has 0 spiro atoms. The van der Waals surface area contributed by atoms with Crippen LogP contribution in [0.5, 0.6) is 0 Å². The number of nitrogens with one attached hydrogen (secondary N) is 2. The van der Waals surface area contributed by atoms with Crippen LogP contribution >= 0.6 is 34.9 Å². The zero-order valence-electron chi connectivity index (χ0n) is 10.9. The number of carbonyl (C=O) groups excluding carboxylic acids is 1. The van der Waals surface area contributed by atoms with Crippen molar-refractivity contribution in [3.8, 4) is 0 Å². The van der Waals surface area contributed by atoms with Crippen LogP contribution < -0.4 is 10.6 Å². The fourth-order valence-corrected chi connectivity index (χ4v) is 3.30. The molecule has 112 valence electrons. The van der Waals surface area contributed by atoms with E-state index in [2.05, 4.69) is 19.4 Å². The molecule has 0 saturated carbocycles. The molecule has 6 nitrogen and oxygen atoms in total. The molecular weight excluding hydrogens is 335 g/mol. The minimum absolute atomic E-state index is 0.131. The molecule has 1 aromatic carbocycles. The van der Waals surface area contributed by atoms with Gasteiger partial charge in [0.05, 0.1) is 46.6 Å². The second-order valence-electron chi connectivity index (χ2n) is 4.63. The standard InChI is InChI=1S/C12H12Cl2N4O2S/c13-7-4-8(14)11-12(18-21-17-11)10(7)16-9(19)3-6-5-15-1-2-20-6/h4,6,15H,1-3,5H2,(H,16,19). The number of fused-ring (bicyclic) bond motifs is 1. The Morgan fingerprint density at radius 1 is 1.43 bits per heavy atom. The highest BCUT2D eigenvalue weighted by Gasteiger charge is 2.20. The highest BCUT2D eigenvalue weighted by atomic mass is 35.5. The minimum atomic E-state index is -0.178. The molecule has 1 atom stereocenters. The average Bonchev–Trinajstić information content (AvgIpc) is 2.94. The largest absolute Gasteiger partial charge is 0.375 e. The van der Waals surface area contributed by atoms with Crippen LogP contribution in [0.3, 0.4) is 0 Å². The van der Waals surface area contributed by atoms with E-state index in [0.717, 1.165) is 18.3 Å². The lowest BCUT2D eigenvalue weighted by atomic mass is 10.2. The molecule has 1 unspecified atom stereocenters. The molecule has 9 heteroatoms. The van der Waals surface area contributed by atoms with Crippen LogP contribution in [-0.4, -0.2) is 40.5 Å². The molecule has 2 N–H and O–H groups in total. The highest BCUT2D eigenvalue weighted by molar-refractivity contribution is 7.00. The molecule has 0 aliphatic carbocycles. The van der Waals surface area contributed by atoms with Crippen molar-refractivity contribution in [2.24, 2.45) is 0 Å². The monoisotopic (exact) mass is 346 g/mol. The van der Waals surface area contributed by atoms with Gasteiger partial charge in [-0.3, -0.25) is 4.79 Å². The summed E-state index contributed by atoms with van der Waals surface area (Å²) in [6, 6.07) is 1.56. The number of benzene rings is 1. The van der Waals surface area contributed by atoms with E-state index in [9.17, 15) is 4.79 Å². The topological polar surface area (TPSA) is 76.1 Å². The molecule has 1 fully saturated rings. The number of carbonyl (C=O) groups is 1. The summed E-state index contributed by atoms with van der Waals surface area (Å²) < 4.78 is 13.7. The zero-order valence-corrected chi connectivity index (χ0v) is 13.2. The Balaban J connectivity index is 1.78. The van der Waals surface area contributed by atoms with Gasteiger partial charge < -0.3 is 15.4 Å². The summed E-state index contributed by atoms with van der Waals surface area (Å²) in [5, 5.41) is 6.72. The summed E-state index contributed by atoms with van der Waals surface area (Å²) in [6.45, 7) is 2.08. The fourth-order valence-electron chi connectivity index (χ4n) is 2.14. The van der Waals surface area contributed by atoms with Gasteiger partial charge in [0.2, 0.25) is 5.91 Å². The van der Waals surface area contributed by atoms with E-state index in [1.54, 1.807) is 6.07 Å². The molecular formula is C12H12Cl2N4O2S. The summed E-state index contributed by atoms with van der Waals surface area (Å²) in [5.41, 5.74) is 1.49. The second-order valence-corrected chi connectivity index (χ2v) is 5.97. The molecule has 1 saturated heterocycles. The second kappa shape index (κ2) is 6.41. The number of hydrogen-bond donors (Lipinski definition) is 2. The lowest BCUT2D eigenvalue weighted by molar-refractivity contribution is -0.119. The Bertz CT molecular complexity index is 673. The predicted octanol–water partition coefficient (Wildman–Crippen LogP) is 2.32. The lowest BCUT2D eigenvalue weighted by Crippen LogP contribution is -2.40. The van der Waals surface area contributed by atoms with Gasteiger partial charge in [-0.1, -0.05) is 23.2 Å². The van der Waals surface area contributed by atoms with E-state index in [1.165, 1.54) is 0 Å². The third-order valence-corrected chi connectivity index (χ3v) is 4.24. The first-order valence-electron chi connectivity index (χ1n) is 6.37. The van der Waals surface area contributed by atoms with Gasteiger partial charge >= 0.3 is 0 Å². The summed E-state index contributed by atoms with van der Waals surface area (Å²) >= 11 is 13.2. The molecule has 1 aliphatic rings. The number of rotatable bonds is 3. The maximum Gasteiger partial charge on any atom is 0.227 e. The van der Waals surface area contributed by atoms with E-state index < -0.39 is 0 Å². The molecule has 1 aromatic heterocycles. The first-order valence-corrected chi connectivity index (χ1v) is 7.86. The number of nitrogens with zero attached hydrogens (tertiary/aromatic N) is 2. The summed E-state index contributed by atoms with van der Waals surface area (Å²) in [4.78, 5) is 12.1. The van der Waals surface area contributed by atoms with Gasteiger partial charge in [0.1, 0.15) is 11.0 Å². The fraction of sp³-hybridized carbons (Fsp3) is 0.417. The number of morpholine rings is 1. The molecule has 0 bridgehead atoms. The van der Waals surface area contributed by atoms with Gasteiger partial charge in [-0.25, -0.2) is 0 Å². The first kappa shape index (κ1) is 14.9. The quantitative estimate of drug-likeness (QED) is 0.891. The van der Waals surface area contributed by atoms with Crippen LogP contribution in [0.1, 0.15) is 6.42 Å². The summed E-state index contributed by atoms with van der Waals surface area (Å²) in [7, 11) is 0. The number of halogens is 2. The highest BCUT2D eigenvalue weighted by Crippen LogP contribution is 2.35. The Morgan fingerprint density at radius 2 is 2.24 bits per heavy atom. The van der Waals surface area contributed by atoms with Crippen LogP contribution in [-0.2, 0) is 9.53 Å². The van der Waals surface area contributed by atoms with Crippen molar-refractivity contribution in [2.45, 2.75) is 12.5 Å². The van der Waals surface area contributed by atoms with E-state index in [-0.39, 0.29) is 18.4 Å². The van der Waals surface area contributed by atoms with Crippen LogP contribution in [0, 0.1) is 0 Å². The lowest BCUT2D eigenvalue weighted by Gasteiger charge is -2.23. The minimum Gasteiger partial charge on any atom is -0.375 e. The smallest absolute Gasteiger partial charge is 0.227 e. The molecule has 1 aliphatic heterocycles. The Labute approximate surface area is 135 Å². The summed E-state index contributed by atoms with van der Waals surface area (Å²) in [5.74, 6) is -0.178. The average molecular weight is 347 g/mol. The van der Waals surface area contributed by atoms with Crippen molar-refractivity contribution in [2.75, 3.05) is 25.0 Å². The SMILES string of the molecule is O=C(CC1CNCCO1)Nc1c(Cl)cc(Cl)c2nsnc12. The van der Waals surface area contributed by atoms with Gasteiger partial charge in [-0.05, 0) is 6.07 Å². The van der Waals surface area contributed by atoms with E-state index in [0.29, 0.717) is 39.9 Å². The van der Waals surface area contributed by atoms with Crippen LogP contribution in [0.2, 0.25) is 10.0 Å². The number of amides is 1. The van der Waals surface area contributed by atoms with E-state index in [1.807, 2.05) is 0 Å². The van der Waals surface area contributed by atoms with Gasteiger partial charge in [-0.2, -0.15) is 8.75 Å². The van der Waals surface area contributed by atoms with E-state index in [4.69, 9.17) is 27.9 Å². The van der Waals surface area contributed by atoms with Gasteiger partial charge in [0.25, 0.3) is 0 Å². The Hall–Kier alpha value is -0.990. The molecule has 2 heterocycles. The molecule has 2 aromatic rings. The maximum atomic E-state index is 12.1. The van der Waals surface area contributed by atoms with Gasteiger partial charge in [-0.15, -0.1) is 0 Å². The normalized spacial score (nSPS) is 18.9. The predicted molar refractivity (Wildman–Crippen MR) is 83.3 cm³/mol. The van der Waals surface area contributed by atoms with Crippen molar-refractivity contribution < 1.29 is 9.53 Å². The molecule has 3 rings (SSSR count). The van der Waals surface area contributed by atoms with E-state index >= 15 is 0 Å². The Morgan fingerprint density at radius 3 is 3.00 bits per heavy atom. The molecule has 21 heavy (non-hydrogen) atoms. The number of hydrogen-bond acceptors (Lipinski definition) is 6. The number of anilines is 1. The van der Waals surface area contributed by atoms with Crippen molar-refractivity contribution in [3.05, 3.63) is 16.1 Å². The van der Waals surface area contributed by atoms with Crippen LogP contribution in [0.25, 0.3) is 11.0 Å². The van der Waals surface area contributed by atoms with Crippen molar-refractivity contribution in [1.29, 1.82) is 0 Å². The summed E-state index contributed by atoms with van der Waals surface area (Å²) in [6.07, 6.45) is 0.124. The number of ether oxygens (including phenoxy) is 1. The number of aromatic nitrogens is 2. The van der Waals surface area contributed by atoms with Gasteiger partial charge in [0, 0.05) is 13.1 Å². The van der Waals surface area contributed by atoms with Crippen LogP contribution in [0.15, 0.2) is 6.07 Å². The van der Waals surface area contributed by atoms with Crippen LogP contribution in [0.4, 0.5) is 5.69 Å². The van der Waals surface area contributed by atoms with Crippen molar-refractivity contribution >= 4 is 57.6 Å². The molecule has 1 amide bonds.